The number of aryl methyl sites for hydroxylation is 1. The molecule has 7 rings (SSSR count). The number of carbonyl (C=O) groups excluding carboxylic acids is 2. The van der Waals surface area contributed by atoms with Crippen molar-refractivity contribution >= 4 is 35.0 Å². The van der Waals surface area contributed by atoms with E-state index in [1.807, 2.05) is 39.4 Å². The number of nitrogens with one attached hydrogen (secondary N) is 4. The molecule has 13 nitrogen and oxygen atoms in total. The summed E-state index contributed by atoms with van der Waals surface area (Å²) in [5, 5.41) is 10.6. The number of hydrogen-bond acceptors (Lipinski definition) is 10. The Labute approximate surface area is 332 Å². The summed E-state index contributed by atoms with van der Waals surface area (Å²) in [6.45, 7) is 7.92. The zero-order valence-corrected chi connectivity index (χ0v) is 34.0. The highest BCUT2D eigenvalue weighted by molar-refractivity contribution is 6.09. The molecule has 4 heterocycles. The van der Waals surface area contributed by atoms with Gasteiger partial charge in [0.05, 0.1) is 16.4 Å². The van der Waals surface area contributed by atoms with Crippen LogP contribution < -0.4 is 32.0 Å². The molecule has 4 N–H and O–H groups in total. The van der Waals surface area contributed by atoms with Gasteiger partial charge in [0.2, 0.25) is 11.9 Å². The van der Waals surface area contributed by atoms with Gasteiger partial charge in [0.1, 0.15) is 12.1 Å². The number of piperidine rings is 1. The highest BCUT2D eigenvalue weighted by atomic mass is 16.2. The van der Waals surface area contributed by atoms with Crippen molar-refractivity contribution in [1.82, 2.24) is 34.7 Å². The van der Waals surface area contributed by atoms with Crippen LogP contribution in [0.3, 0.4) is 0 Å². The summed E-state index contributed by atoms with van der Waals surface area (Å²) in [6.07, 6.45) is 19.6. The van der Waals surface area contributed by atoms with Crippen LogP contribution in [0, 0.1) is 0 Å². The van der Waals surface area contributed by atoms with Crippen molar-refractivity contribution in [2.24, 2.45) is 7.05 Å². The number of para-hydroxylation sites is 1. The summed E-state index contributed by atoms with van der Waals surface area (Å²) in [5.41, 5.74) is 8.04. The van der Waals surface area contributed by atoms with E-state index in [9.17, 15) is 14.4 Å². The molecule has 1 atom stereocenters. The molecule has 3 aromatic rings. The third-order valence-corrected chi connectivity index (χ3v) is 12.9. The Hall–Kier alpha value is -4.07. The lowest BCUT2D eigenvalue weighted by Gasteiger charge is -2.32. The van der Waals surface area contributed by atoms with Gasteiger partial charge in [-0.05, 0) is 141 Å². The summed E-state index contributed by atoms with van der Waals surface area (Å²) in [5.74, 6) is 2.17. The largest absolute Gasteiger partial charge is 0.351 e. The Bertz CT molecular complexity index is 1900. The molecular formula is C43H64N10O3. The van der Waals surface area contributed by atoms with E-state index >= 15 is 0 Å². The minimum absolute atomic E-state index is 0.0851. The number of carbonyl (C=O) groups is 2. The molecule has 4 aliphatic rings. The number of amides is 1. The van der Waals surface area contributed by atoms with Crippen LogP contribution in [0.15, 0.2) is 41.0 Å². The van der Waals surface area contributed by atoms with Crippen LogP contribution in [-0.2, 0) is 22.1 Å². The number of likely N-dealkylation sites (tertiary alicyclic amines) is 1. The minimum atomic E-state index is -0.353. The molecule has 2 aliphatic heterocycles. The highest BCUT2D eigenvalue weighted by Crippen LogP contribution is 2.57. The first kappa shape index (κ1) is 40.1. The van der Waals surface area contributed by atoms with E-state index in [0.717, 1.165) is 144 Å². The average molecular weight is 769 g/mol. The first-order valence-corrected chi connectivity index (χ1v) is 21.5. The monoisotopic (exact) mass is 769 g/mol. The van der Waals surface area contributed by atoms with Gasteiger partial charge in [-0.2, -0.15) is 4.98 Å². The first-order chi connectivity index (χ1) is 27.4. The fourth-order valence-corrected chi connectivity index (χ4v) is 9.44. The van der Waals surface area contributed by atoms with Gasteiger partial charge < -0.3 is 25.6 Å². The maximum absolute atomic E-state index is 13.6. The lowest BCUT2D eigenvalue weighted by molar-refractivity contribution is -0.120. The number of benzene rings is 1. The summed E-state index contributed by atoms with van der Waals surface area (Å²) in [6, 6.07) is 6.78. The van der Waals surface area contributed by atoms with E-state index in [1.54, 1.807) is 9.24 Å². The maximum atomic E-state index is 13.6. The second-order valence-corrected chi connectivity index (χ2v) is 16.6. The first-order valence-electron chi connectivity index (χ1n) is 21.5. The molecule has 3 fully saturated rings. The van der Waals surface area contributed by atoms with Gasteiger partial charge in [-0.1, -0.05) is 37.5 Å². The van der Waals surface area contributed by atoms with Gasteiger partial charge in [-0.15, -0.1) is 0 Å². The summed E-state index contributed by atoms with van der Waals surface area (Å²) < 4.78 is 3.44. The minimum Gasteiger partial charge on any atom is -0.351 e. The topological polar surface area (TPSA) is 141 Å². The Morgan fingerprint density at radius 1 is 1.02 bits per heavy atom. The number of aromatic nitrogens is 4. The number of anilines is 2. The second kappa shape index (κ2) is 18.5. The van der Waals surface area contributed by atoms with Crippen LogP contribution in [-0.4, -0.2) is 94.7 Å². The van der Waals surface area contributed by atoms with Gasteiger partial charge in [0.15, 0.2) is 0 Å². The molecule has 2 saturated carbocycles. The van der Waals surface area contributed by atoms with Crippen molar-refractivity contribution < 1.29 is 9.59 Å². The summed E-state index contributed by atoms with van der Waals surface area (Å²) in [7, 11) is 3.86. The molecule has 13 heteroatoms. The number of hydrogen-bond donors (Lipinski definition) is 4. The van der Waals surface area contributed by atoms with Crippen LogP contribution in [0.5, 0.6) is 0 Å². The average Bonchev–Trinajstić information content (AvgIpc) is 3.95. The number of allylic oxidation sites excluding steroid dienone is 2. The molecule has 1 spiro atoms. The van der Waals surface area contributed by atoms with Gasteiger partial charge in [0, 0.05) is 43.0 Å². The molecule has 1 unspecified atom stereocenters. The quantitative estimate of drug-likeness (QED) is 0.0885. The molecule has 1 saturated heterocycles. The van der Waals surface area contributed by atoms with Crippen LogP contribution in [0.4, 0.5) is 11.8 Å². The van der Waals surface area contributed by atoms with Gasteiger partial charge in [0.25, 0.3) is 0 Å². The Balaban J connectivity index is 0.872. The molecule has 0 bridgehead atoms. The fourth-order valence-electron chi connectivity index (χ4n) is 9.44. The Morgan fingerprint density at radius 3 is 2.54 bits per heavy atom. The standard InChI is InChI=1S/C43H64N10O3/c1-4-32(12-8-9-29-54)49-53-37-16-10-15-35(38(37)50(3)42(53)56)31-19-27-51(28-20-31)26-11-23-45-25-18-33(17-24-44-2)47-41-46-30-36-39(48-41)52(34-13-6-5-7-14-34)40(55)43(36)21-22-43/h4,10,15-16,29-31,33-34,44-45,49H,5-9,11-14,17-28H2,1-3H3,(H,46,47,48)/b32-4+. The van der Waals surface area contributed by atoms with E-state index in [1.165, 1.54) is 24.8 Å². The van der Waals surface area contributed by atoms with Crippen molar-refractivity contribution in [1.29, 1.82) is 0 Å². The van der Waals surface area contributed by atoms with Crippen molar-refractivity contribution in [3.63, 3.8) is 0 Å². The van der Waals surface area contributed by atoms with Gasteiger partial charge >= 0.3 is 5.69 Å². The van der Waals surface area contributed by atoms with Crippen LogP contribution in [0.25, 0.3) is 11.0 Å². The van der Waals surface area contributed by atoms with Gasteiger partial charge in [-0.3, -0.25) is 19.7 Å². The lowest BCUT2D eigenvalue weighted by Crippen LogP contribution is -2.42. The number of aldehydes is 1. The van der Waals surface area contributed by atoms with Crippen molar-refractivity contribution in [3.05, 3.63) is 57.8 Å². The molecule has 1 aromatic carbocycles. The van der Waals surface area contributed by atoms with Crippen LogP contribution >= 0.6 is 0 Å². The van der Waals surface area contributed by atoms with Gasteiger partial charge in [-0.25, -0.2) is 14.5 Å². The molecule has 1 amide bonds. The van der Waals surface area contributed by atoms with E-state index in [4.69, 9.17) is 9.97 Å². The highest BCUT2D eigenvalue weighted by Gasteiger charge is 2.61. The van der Waals surface area contributed by atoms with E-state index < -0.39 is 0 Å². The molecule has 2 aliphatic carbocycles. The smallest absolute Gasteiger partial charge is 0.347 e. The maximum Gasteiger partial charge on any atom is 0.347 e. The number of rotatable bonds is 20. The van der Waals surface area contributed by atoms with E-state index in [-0.39, 0.29) is 29.1 Å². The molecule has 2 aromatic heterocycles. The summed E-state index contributed by atoms with van der Waals surface area (Å²) in [4.78, 5) is 52.3. The fraction of sp³-hybridized carbons (Fsp3) is 0.651. The van der Waals surface area contributed by atoms with Crippen LogP contribution in [0.2, 0.25) is 0 Å². The normalized spacial score (nSPS) is 19.5. The second-order valence-electron chi connectivity index (χ2n) is 16.6. The van der Waals surface area contributed by atoms with Crippen molar-refractivity contribution in [2.45, 2.75) is 127 Å². The third kappa shape index (κ3) is 8.60. The van der Waals surface area contributed by atoms with Crippen LogP contribution in [0.1, 0.15) is 120 Å². The predicted octanol–water partition coefficient (Wildman–Crippen LogP) is 5.30. The Kier molecular flexibility index (Phi) is 13.2. The third-order valence-electron chi connectivity index (χ3n) is 12.9. The zero-order chi connectivity index (χ0) is 39.1. The molecule has 0 radical (unpaired) electrons. The predicted molar refractivity (Wildman–Crippen MR) is 224 cm³/mol. The Morgan fingerprint density at radius 2 is 1.80 bits per heavy atom. The number of fused-ring (bicyclic) bond motifs is 3. The van der Waals surface area contributed by atoms with Crippen molar-refractivity contribution in [2.75, 3.05) is 62.0 Å². The van der Waals surface area contributed by atoms with Crippen molar-refractivity contribution in [3.8, 4) is 0 Å². The lowest BCUT2D eigenvalue weighted by atomic mass is 9.88. The zero-order valence-electron chi connectivity index (χ0n) is 34.0. The number of imidazole rings is 1. The number of nitrogens with zero attached hydrogens (tertiary/aromatic N) is 6. The molecular weight excluding hydrogens is 705 g/mol. The molecule has 304 valence electrons. The summed E-state index contributed by atoms with van der Waals surface area (Å²) >= 11 is 0. The molecule has 56 heavy (non-hydrogen) atoms. The number of unbranched alkanes of at least 4 members (excludes halogenated alkanes) is 1. The van der Waals surface area contributed by atoms with E-state index in [2.05, 4.69) is 43.3 Å². The van der Waals surface area contributed by atoms with E-state index in [0.29, 0.717) is 18.3 Å². The SMILES string of the molecule is C/C=C(\CCCC=O)Nn1c(=O)n(C)c2c(C3CCN(CCCNCCC(CCNC)Nc4ncc5c(n4)N(C4CCCCC4)C(=O)C54CC4)CC3)cccc21.